The number of anilines is 1. The van der Waals surface area contributed by atoms with Crippen molar-refractivity contribution in [1.82, 2.24) is 5.32 Å². The average Bonchev–Trinajstić information content (AvgIpc) is 2.20. The third-order valence-corrected chi connectivity index (χ3v) is 3.31. The van der Waals surface area contributed by atoms with E-state index in [4.69, 9.17) is 11.6 Å². The van der Waals surface area contributed by atoms with Crippen LogP contribution in [-0.2, 0) is 4.79 Å². The third-order valence-electron chi connectivity index (χ3n) is 2.90. The molecule has 96 valence electrons. The van der Waals surface area contributed by atoms with Gasteiger partial charge in [-0.1, -0.05) is 17.7 Å². The number of imide groups is 1. The molecular formula is C13H15ClN2O2. The van der Waals surface area contributed by atoms with Gasteiger partial charge in [0.1, 0.15) is 0 Å². The van der Waals surface area contributed by atoms with Crippen molar-refractivity contribution in [2.24, 2.45) is 0 Å². The maximum absolute atomic E-state index is 12.0. The zero-order chi connectivity index (χ0) is 13.5. The van der Waals surface area contributed by atoms with Crippen molar-refractivity contribution in [3.05, 3.63) is 28.8 Å². The number of nitrogens with zero attached hydrogens (tertiary/aromatic N) is 1. The fourth-order valence-electron chi connectivity index (χ4n) is 1.94. The van der Waals surface area contributed by atoms with E-state index >= 15 is 0 Å². The minimum absolute atomic E-state index is 0.219. The number of nitrogens with one attached hydrogen (secondary N) is 1. The highest BCUT2D eigenvalue weighted by Gasteiger charge is 2.37. The molecule has 0 radical (unpaired) electrons. The molecule has 5 heteroatoms. The number of halogens is 1. The molecule has 0 aromatic heterocycles. The zero-order valence-corrected chi connectivity index (χ0v) is 11.3. The summed E-state index contributed by atoms with van der Waals surface area (Å²) < 4.78 is 0. The summed E-state index contributed by atoms with van der Waals surface area (Å²) in [5.41, 5.74) is 0.910. The minimum atomic E-state index is -0.501. The number of aryl methyl sites for hydroxylation is 1. The number of rotatable bonds is 1. The molecule has 1 saturated heterocycles. The van der Waals surface area contributed by atoms with E-state index in [-0.39, 0.29) is 12.3 Å². The van der Waals surface area contributed by atoms with Gasteiger partial charge in [-0.3, -0.25) is 4.79 Å². The standard InChI is InChI=1S/C13H15ClN2O2/c1-8-4-5-9(6-10(8)14)16-11(17)7-13(2,3)15-12(16)18/h4-6H,7H2,1-3H3,(H,15,18). The Hall–Kier alpha value is -1.55. The molecule has 1 aliphatic heterocycles. The fourth-order valence-corrected chi connectivity index (χ4v) is 2.12. The lowest BCUT2D eigenvalue weighted by molar-refractivity contribution is -0.119. The highest BCUT2D eigenvalue weighted by molar-refractivity contribution is 6.32. The quantitative estimate of drug-likeness (QED) is 0.850. The topological polar surface area (TPSA) is 49.4 Å². The molecular weight excluding hydrogens is 252 g/mol. The predicted molar refractivity (Wildman–Crippen MR) is 70.9 cm³/mol. The Kier molecular flexibility index (Phi) is 3.07. The van der Waals surface area contributed by atoms with E-state index in [1.165, 1.54) is 0 Å². The Morgan fingerprint density at radius 1 is 1.33 bits per heavy atom. The van der Waals surface area contributed by atoms with Crippen LogP contribution in [0.4, 0.5) is 10.5 Å². The summed E-state index contributed by atoms with van der Waals surface area (Å²) in [5, 5.41) is 3.33. The van der Waals surface area contributed by atoms with Crippen LogP contribution < -0.4 is 10.2 Å². The smallest absolute Gasteiger partial charge is 0.329 e. The summed E-state index contributed by atoms with van der Waals surface area (Å²) in [7, 11) is 0. The Labute approximate surface area is 111 Å². The number of carbonyl (C=O) groups excluding carboxylic acids is 2. The van der Waals surface area contributed by atoms with Crippen LogP contribution in [0.1, 0.15) is 25.8 Å². The monoisotopic (exact) mass is 266 g/mol. The van der Waals surface area contributed by atoms with Crippen LogP contribution in [0.25, 0.3) is 0 Å². The van der Waals surface area contributed by atoms with Gasteiger partial charge in [-0.25, -0.2) is 9.69 Å². The van der Waals surface area contributed by atoms with E-state index in [1.807, 2.05) is 20.8 Å². The van der Waals surface area contributed by atoms with E-state index in [2.05, 4.69) is 5.32 Å². The van der Waals surface area contributed by atoms with Gasteiger partial charge in [-0.15, -0.1) is 0 Å². The molecule has 1 fully saturated rings. The normalized spacial score (nSPS) is 18.8. The second-order valence-corrected chi connectivity index (χ2v) is 5.56. The first-order chi connectivity index (χ1) is 8.30. The van der Waals surface area contributed by atoms with Crippen LogP contribution in [0.5, 0.6) is 0 Å². The number of hydrogen-bond donors (Lipinski definition) is 1. The largest absolute Gasteiger partial charge is 0.332 e. The van der Waals surface area contributed by atoms with Gasteiger partial charge in [-0.2, -0.15) is 0 Å². The Balaban J connectivity index is 2.36. The zero-order valence-electron chi connectivity index (χ0n) is 10.6. The van der Waals surface area contributed by atoms with Gasteiger partial charge >= 0.3 is 6.03 Å². The number of hydrogen-bond acceptors (Lipinski definition) is 2. The Morgan fingerprint density at radius 2 is 2.00 bits per heavy atom. The summed E-state index contributed by atoms with van der Waals surface area (Å²) in [6.45, 7) is 5.51. The Morgan fingerprint density at radius 3 is 2.56 bits per heavy atom. The van der Waals surface area contributed by atoms with Gasteiger partial charge in [0.25, 0.3) is 0 Å². The van der Waals surface area contributed by atoms with Gasteiger partial charge in [-0.05, 0) is 38.5 Å². The molecule has 0 saturated carbocycles. The molecule has 1 aromatic rings. The molecule has 2 rings (SSSR count). The molecule has 0 aliphatic carbocycles. The summed E-state index contributed by atoms with van der Waals surface area (Å²) >= 11 is 6.01. The van der Waals surface area contributed by atoms with Crippen molar-refractivity contribution < 1.29 is 9.59 Å². The molecule has 1 N–H and O–H groups in total. The number of carbonyl (C=O) groups is 2. The van der Waals surface area contributed by atoms with Gasteiger partial charge in [0.2, 0.25) is 5.91 Å². The number of benzene rings is 1. The molecule has 1 aliphatic rings. The number of urea groups is 1. The summed E-state index contributed by atoms with van der Waals surface area (Å²) in [4.78, 5) is 25.1. The second-order valence-electron chi connectivity index (χ2n) is 5.15. The molecule has 0 atom stereocenters. The van der Waals surface area contributed by atoms with Crippen LogP contribution >= 0.6 is 11.6 Å². The number of amides is 3. The van der Waals surface area contributed by atoms with Gasteiger partial charge in [0.05, 0.1) is 12.1 Å². The summed E-state index contributed by atoms with van der Waals surface area (Å²) in [6.07, 6.45) is 0.268. The van der Waals surface area contributed by atoms with E-state index in [1.54, 1.807) is 18.2 Å². The average molecular weight is 267 g/mol. The highest BCUT2D eigenvalue weighted by atomic mass is 35.5. The van der Waals surface area contributed by atoms with Crippen LogP contribution in [0.3, 0.4) is 0 Å². The molecule has 0 spiro atoms. The first-order valence-electron chi connectivity index (χ1n) is 5.71. The van der Waals surface area contributed by atoms with Crippen molar-refractivity contribution in [2.45, 2.75) is 32.7 Å². The van der Waals surface area contributed by atoms with E-state index in [0.717, 1.165) is 10.5 Å². The van der Waals surface area contributed by atoms with Crippen molar-refractivity contribution in [2.75, 3.05) is 4.90 Å². The van der Waals surface area contributed by atoms with E-state index in [0.29, 0.717) is 10.7 Å². The van der Waals surface area contributed by atoms with E-state index < -0.39 is 11.6 Å². The molecule has 1 heterocycles. The first kappa shape index (κ1) is 12.9. The maximum atomic E-state index is 12.0. The lowest BCUT2D eigenvalue weighted by Gasteiger charge is -2.36. The summed E-state index contributed by atoms with van der Waals surface area (Å²) in [6, 6.07) is 4.73. The lowest BCUT2D eigenvalue weighted by atomic mass is 9.97. The highest BCUT2D eigenvalue weighted by Crippen LogP contribution is 2.27. The molecule has 0 bridgehead atoms. The van der Waals surface area contributed by atoms with Crippen molar-refractivity contribution in [1.29, 1.82) is 0 Å². The van der Waals surface area contributed by atoms with Gasteiger partial charge in [0.15, 0.2) is 0 Å². The minimum Gasteiger partial charge on any atom is -0.332 e. The van der Waals surface area contributed by atoms with Crippen molar-refractivity contribution in [3.8, 4) is 0 Å². The molecule has 1 aromatic carbocycles. The van der Waals surface area contributed by atoms with Crippen LogP contribution in [0.15, 0.2) is 18.2 Å². The van der Waals surface area contributed by atoms with E-state index in [9.17, 15) is 9.59 Å². The molecule has 4 nitrogen and oxygen atoms in total. The fraction of sp³-hybridized carbons (Fsp3) is 0.385. The molecule has 3 amide bonds. The molecule has 18 heavy (non-hydrogen) atoms. The van der Waals surface area contributed by atoms with Gasteiger partial charge in [0, 0.05) is 10.6 Å². The van der Waals surface area contributed by atoms with Crippen molar-refractivity contribution in [3.63, 3.8) is 0 Å². The van der Waals surface area contributed by atoms with Crippen LogP contribution in [0, 0.1) is 6.92 Å². The van der Waals surface area contributed by atoms with Gasteiger partial charge < -0.3 is 5.32 Å². The first-order valence-corrected chi connectivity index (χ1v) is 6.09. The van der Waals surface area contributed by atoms with Crippen LogP contribution in [-0.4, -0.2) is 17.5 Å². The lowest BCUT2D eigenvalue weighted by Crippen LogP contribution is -2.59. The summed E-state index contributed by atoms with van der Waals surface area (Å²) in [5.74, 6) is -0.219. The molecule has 0 unspecified atom stereocenters. The SMILES string of the molecule is Cc1ccc(N2C(=O)CC(C)(C)NC2=O)cc1Cl. The second kappa shape index (κ2) is 4.28. The van der Waals surface area contributed by atoms with Crippen molar-refractivity contribution >= 4 is 29.2 Å². The predicted octanol–water partition coefficient (Wildman–Crippen LogP) is 2.87. The van der Waals surface area contributed by atoms with Crippen LogP contribution in [0.2, 0.25) is 5.02 Å². The third kappa shape index (κ3) is 2.34. The maximum Gasteiger partial charge on any atom is 0.329 e. The Bertz CT molecular complexity index is 506.